The highest BCUT2D eigenvalue weighted by atomic mass is 32.2. The molecule has 2 aromatic rings. The summed E-state index contributed by atoms with van der Waals surface area (Å²) < 4.78 is 27.6. The van der Waals surface area contributed by atoms with Crippen LogP contribution in [0.15, 0.2) is 41.3 Å². The van der Waals surface area contributed by atoms with E-state index < -0.39 is 10.0 Å². The Bertz CT molecular complexity index is 783. The van der Waals surface area contributed by atoms with Gasteiger partial charge in [0.05, 0.1) is 10.6 Å². The summed E-state index contributed by atoms with van der Waals surface area (Å²) in [5, 5.41) is 11.3. The monoisotopic (exact) mass is 360 g/mol. The summed E-state index contributed by atoms with van der Waals surface area (Å²) in [5.41, 5.74) is 1.96. The van der Waals surface area contributed by atoms with Gasteiger partial charge >= 0.3 is 0 Å². The Morgan fingerprint density at radius 1 is 1.04 bits per heavy atom. The molecule has 0 radical (unpaired) electrons. The number of nitrogens with zero attached hydrogens (tertiary/aromatic N) is 2. The van der Waals surface area contributed by atoms with Crippen molar-refractivity contribution in [3.05, 3.63) is 47.7 Å². The third kappa shape index (κ3) is 4.99. The standard InChI is InChI=1S/C18H24N4O2S/c1-14-6-11-18(21-20-14)19-13-12-15-7-9-17(10-8-15)25(23,24)22-16-4-2-3-5-16/h6-11,16,22H,2-5,12-13H2,1H3,(H,19,21). The first-order valence-corrected chi connectivity index (χ1v) is 10.2. The fourth-order valence-corrected chi connectivity index (χ4v) is 4.30. The van der Waals surface area contributed by atoms with E-state index in [0.29, 0.717) is 11.4 Å². The lowest BCUT2D eigenvalue weighted by molar-refractivity contribution is 0.552. The molecule has 1 aliphatic rings. The molecule has 0 spiro atoms. The van der Waals surface area contributed by atoms with Crippen molar-refractivity contribution in [1.82, 2.24) is 14.9 Å². The van der Waals surface area contributed by atoms with E-state index in [0.717, 1.165) is 49.2 Å². The zero-order chi connectivity index (χ0) is 17.7. The molecule has 0 aliphatic heterocycles. The fraction of sp³-hybridized carbons (Fsp3) is 0.444. The van der Waals surface area contributed by atoms with Crippen molar-refractivity contribution >= 4 is 15.8 Å². The summed E-state index contributed by atoms with van der Waals surface area (Å²) >= 11 is 0. The predicted octanol–water partition coefficient (Wildman–Crippen LogP) is 2.66. The molecule has 6 nitrogen and oxygen atoms in total. The van der Waals surface area contributed by atoms with Crippen molar-refractivity contribution < 1.29 is 8.42 Å². The summed E-state index contributed by atoms with van der Waals surface area (Å²) in [5.74, 6) is 0.741. The Kier molecular flexibility index (Phi) is 5.65. The van der Waals surface area contributed by atoms with Crippen LogP contribution >= 0.6 is 0 Å². The van der Waals surface area contributed by atoms with E-state index in [4.69, 9.17) is 0 Å². The molecule has 0 atom stereocenters. The molecule has 1 saturated carbocycles. The van der Waals surface area contributed by atoms with Gasteiger partial charge in [-0.1, -0.05) is 25.0 Å². The minimum absolute atomic E-state index is 0.0875. The Hall–Kier alpha value is -1.99. The number of hydrogen-bond donors (Lipinski definition) is 2. The van der Waals surface area contributed by atoms with E-state index >= 15 is 0 Å². The third-order valence-electron chi connectivity index (χ3n) is 4.43. The van der Waals surface area contributed by atoms with E-state index in [-0.39, 0.29) is 6.04 Å². The Morgan fingerprint density at radius 2 is 1.76 bits per heavy atom. The summed E-state index contributed by atoms with van der Waals surface area (Å²) in [7, 11) is -3.41. The van der Waals surface area contributed by atoms with Gasteiger partial charge in [0, 0.05) is 12.6 Å². The second kappa shape index (κ2) is 7.93. The zero-order valence-corrected chi connectivity index (χ0v) is 15.2. The molecule has 1 aromatic heterocycles. The first-order valence-electron chi connectivity index (χ1n) is 8.68. The number of hydrogen-bond acceptors (Lipinski definition) is 5. The van der Waals surface area contributed by atoms with Crippen LogP contribution in [0.2, 0.25) is 0 Å². The van der Waals surface area contributed by atoms with E-state index in [2.05, 4.69) is 20.2 Å². The van der Waals surface area contributed by atoms with Crippen LogP contribution in [-0.2, 0) is 16.4 Å². The summed E-state index contributed by atoms with van der Waals surface area (Å²) in [6, 6.07) is 11.0. The van der Waals surface area contributed by atoms with Gasteiger partial charge in [0.1, 0.15) is 5.82 Å². The smallest absolute Gasteiger partial charge is 0.240 e. The molecule has 1 fully saturated rings. The highest BCUT2D eigenvalue weighted by Crippen LogP contribution is 2.20. The molecule has 3 rings (SSSR count). The normalized spacial score (nSPS) is 15.4. The van der Waals surface area contributed by atoms with Crippen LogP contribution in [-0.4, -0.2) is 31.2 Å². The van der Waals surface area contributed by atoms with Gasteiger partial charge in [-0.05, 0) is 56.0 Å². The zero-order valence-electron chi connectivity index (χ0n) is 14.4. The van der Waals surface area contributed by atoms with Crippen LogP contribution in [0, 0.1) is 6.92 Å². The average molecular weight is 360 g/mol. The first-order chi connectivity index (χ1) is 12.0. The fourth-order valence-electron chi connectivity index (χ4n) is 2.99. The van der Waals surface area contributed by atoms with Crippen molar-refractivity contribution in [3.63, 3.8) is 0 Å². The molecular weight excluding hydrogens is 336 g/mol. The van der Waals surface area contributed by atoms with Crippen LogP contribution in [0.25, 0.3) is 0 Å². The van der Waals surface area contributed by atoms with Gasteiger partial charge in [-0.3, -0.25) is 0 Å². The molecule has 1 heterocycles. The van der Waals surface area contributed by atoms with Crippen LogP contribution in [0.4, 0.5) is 5.82 Å². The quantitative estimate of drug-likeness (QED) is 0.793. The number of anilines is 1. The van der Waals surface area contributed by atoms with E-state index in [1.54, 1.807) is 12.1 Å². The third-order valence-corrected chi connectivity index (χ3v) is 5.96. The van der Waals surface area contributed by atoms with Gasteiger partial charge in [0.2, 0.25) is 10.0 Å². The van der Waals surface area contributed by atoms with Crippen molar-refractivity contribution in [2.24, 2.45) is 0 Å². The molecule has 134 valence electrons. The van der Waals surface area contributed by atoms with Crippen molar-refractivity contribution in [3.8, 4) is 0 Å². The molecule has 1 aromatic carbocycles. The molecule has 2 N–H and O–H groups in total. The second-order valence-corrected chi connectivity index (χ2v) is 8.20. The maximum Gasteiger partial charge on any atom is 0.240 e. The molecule has 0 amide bonds. The SMILES string of the molecule is Cc1ccc(NCCc2ccc(S(=O)(=O)NC3CCCC3)cc2)nn1. The van der Waals surface area contributed by atoms with Gasteiger partial charge in [-0.25, -0.2) is 13.1 Å². The summed E-state index contributed by atoms with van der Waals surface area (Å²) in [6.07, 6.45) is 4.86. The summed E-state index contributed by atoms with van der Waals surface area (Å²) in [6.45, 7) is 2.61. The number of sulfonamides is 1. The van der Waals surface area contributed by atoms with E-state index in [1.807, 2.05) is 31.2 Å². The minimum atomic E-state index is -3.41. The highest BCUT2D eigenvalue weighted by Gasteiger charge is 2.22. The molecule has 25 heavy (non-hydrogen) atoms. The van der Waals surface area contributed by atoms with E-state index in [9.17, 15) is 8.42 Å². The second-order valence-electron chi connectivity index (χ2n) is 6.48. The van der Waals surface area contributed by atoms with Gasteiger partial charge < -0.3 is 5.32 Å². The van der Waals surface area contributed by atoms with Crippen LogP contribution in [0.5, 0.6) is 0 Å². The number of rotatable bonds is 7. The van der Waals surface area contributed by atoms with Crippen LogP contribution in [0.3, 0.4) is 0 Å². The molecule has 0 saturated heterocycles. The molecule has 0 bridgehead atoms. The lowest BCUT2D eigenvalue weighted by Crippen LogP contribution is -2.32. The van der Waals surface area contributed by atoms with Gasteiger partial charge in [-0.15, -0.1) is 5.10 Å². The van der Waals surface area contributed by atoms with Crippen LogP contribution in [0.1, 0.15) is 36.9 Å². The lowest BCUT2D eigenvalue weighted by atomic mass is 10.1. The molecule has 7 heteroatoms. The Labute approximate surface area is 149 Å². The van der Waals surface area contributed by atoms with Crippen molar-refractivity contribution in [2.45, 2.75) is 50.0 Å². The lowest BCUT2D eigenvalue weighted by Gasteiger charge is -2.13. The molecule has 0 unspecified atom stereocenters. The predicted molar refractivity (Wildman–Crippen MR) is 98.0 cm³/mol. The van der Waals surface area contributed by atoms with Crippen molar-refractivity contribution in [2.75, 3.05) is 11.9 Å². The molecule has 1 aliphatic carbocycles. The van der Waals surface area contributed by atoms with Gasteiger partial charge in [0.25, 0.3) is 0 Å². The average Bonchev–Trinajstić information content (AvgIpc) is 3.09. The summed E-state index contributed by atoms with van der Waals surface area (Å²) in [4.78, 5) is 0.334. The topological polar surface area (TPSA) is 84.0 Å². The van der Waals surface area contributed by atoms with Gasteiger partial charge in [0.15, 0.2) is 0 Å². The van der Waals surface area contributed by atoms with Gasteiger partial charge in [-0.2, -0.15) is 5.10 Å². The Balaban J connectivity index is 1.53. The maximum absolute atomic E-state index is 12.4. The maximum atomic E-state index is 12.4. The minimum Gasteiger partial charge on any atom is -0.368 e. The Morgan fingerprint density at radius 3 is 2.40 bits per heavy atom. The largest absolute Gasteiger partial charge is 0.368 e. The number of benzene rings is 1. The molecular formula is C18H24N4O2S. The van der Waals surface area contributed by atoms with Crippen LogP contribution < -0.4 is 10.0 Å². The number of nitrogens with one attached hydrogen (secondary N) is 2. The van der Waals surface area contributed by atoms with E-state index in [1.165, 1.54) is 0 Å². The number of aromatic nitrogens is 2. The highest BCUT2D eigenvalue weighted by molar-refractivity contribution is 7.89. The number of aryl methyl sites for hydroxylation is 1. The first kappa shape index (κ1) is 17.8. The van der Waals surface area contributed by atoms with Crippen molar-refractivity contribution in [1.29, 1.82) is 0 Å².